The van der Waals surface area contributed by atoms with Crippen LogP contribution in [0, 0.1) is 0 Å². The van der Waals surface area contributed by atoms with Gasteiger partial charge >= 0.3 is 5.97 Å². The molecule has 4 nitrogen and oxygen atoms in total. The lowest BCUT2D eigenvalue weighted by Crippen LogP contribution is -2.11. The highest BCUT2D eigenvalue weighted by Crippen LogP contribution is 2.30. The predicted octanol–water partition coefficient (Wildman–Crippen LogP) is 3.17. The molecule has 1 fully saturated rings. The Labute approximate surface area is 111 Å². The minimum Gasteiger partial charge on any atom is -0.478 e. The van der Waals surface area contributed by atoms with Gasteiger partial charge in [0.05, 0.1) is 17.2 Å². The number of nitrogens with zero attached hydrogens (tertiary/aromatic N) is 1. The van der Waals surface area contributed by atoms with Crippen LogP contribution in [0.5, 0.6) is 0 Å². The second-order valence-electron chi connectivity index (χ2n) is 4.80. The third kappa shape index (κ3) is 2.31. The normalized spacial score (nSPS) is 19.5. The van der Waals surface area contributed by atoms with Gasteiger partial charge in [-0.1, -0.05) is 6.07 Å². The Kier molecular flexibility index (Phi) is 3.17. The smallest absolute Gasteiger partial charge is 0.336 e. The van der Waals surface area contributed by atoms with Gasteiger partial charge in [0.25, 0.3) is 0 Å². The zero-order chi connectivity index (χ0) is 13.2. The standard InChI is InChI=1S/C15H15NO3/c17-15(18)11-6-7-16-13-5-4-10(9-12(11)13)14-3-1-2-8-19-14/h4-7,9,14H,1-3,8H2,(H,17,18)/t14-/m1/s1. The number of ether oxygens (including phenoxy) is 1. The largest absolute Gasteiger partial charge is 0.478 e. The van der Waals surface area contributed by atoms with Crippen LogP contribution in [0.25, 0.3) is 10.9 Å². The summed E-state index contributed by atoms with van der Waals surface area (Å²) >= 11 is 0. The molecule has 0 bridgehead atoms. The number of aromatic nitrogens is 1. The molecule has 1 aliphatic heterocycles. The van der Waals surface area contributed by atoms with Crippen molar-refractivity contribution >= 4 is 16.9 Å². The zero-order valence-corrected chi connectivity index (χ0v) is 10.5. The number of hydrogen-bond donors (Lipinski definition) is 1. The third-order valence-corrected chi connectivity index (χ3v) is 3.55. The fourth-order valence-electron chi connectivity index (χ4n) is 2.55. The number of pyridine rings is 1. The Morgan fingerprint density at radius 3 is 2.95 bits per heavy atom. The van der Waals surface area contributed by atoms with E-state index in [1.165, 1.54) is 12.3 Å². The third-order valence-electron chi connectivity index (χ3n) is 3.55. The van der Waals surface area contributed by atoms with E-state index < -0.39 is 5.97 Å². The van der Waals surface area contributed by atoms with Crippen LogP contribution < -0.4 is 0 Å². The van der Waals surface area contributed by atoms with E-state index >= 15 is 0 Å². The van der Waals surface area contributed by atoms with Crippen molar-refractivity contribution in [1.82, 2.24) is 4.98 Å². The number of fused-ring (bicyclic) bond motifs is 1. The first-order valence-corrected chi connectivity index (χ1v) is 6.49. The molecule has 1 N–H and O–H groups in total. The summed E-state index contributed by atoms with van der Waals surface area (Å²) in [5, 5.41) is 9.91. The quantitative estimate of drug-likeness (QED) is 0.897. The summed E-state index contributed by atoms with van der Waals surface area (Å²) in [7, 11) is 0. The van der Waals surface area contributed by atoms with Crippen molar-refractivity contribution in [2.45, 2.75) is 25.4 Å². The molecular formula is C15H15NO3. The van der Waals surface area contributed by atoms with Crippen LogP contribution in [0.3, 0.4) is 0 Å². The topological polar surface area (TPSA) is 59.4 Å². The molecule has 1 aromatic carbocycles. The van der Waals surface area contributed by atoms with Gasteiger partial charge < -0.3 is 9.84 Å². The van der Waals surface area contributed by atoms with Gasteiger partial charge in [-0.3, -0.25) is 4.98 Å². The Hall–Kier alpha value is -1.94. The maximum Gasteiger partial charge on any atom is 0.336 e. The lowest BCUT2D eigenvalue weighted by molar-refractivity contribution is 0.0150. The zero-order valence-electron chi connectivity index (χ0n) is 10.5. The van der Waals surface area contributed by atoms with E-state index in [0.29, 0.717) is 16.5 Å². The van der Waals surface area contributed by atoms with Gasteiger partial charge in [0, 0.05) is 18.2 Å². The maximum atomic E-state index is 11.2. The molecule has 1 saturated heterocycles. The fraction of sp³-hybridized carbons (Fsp3) is 0.333. The molecule has 2 heterocycles. The molecule has 1 aliphatic rings. The van der Waals surface area contributed by atoms with Crippen LogP contribution >= 0.6 is 0 Å². The summed E-state index contributed by atoms with van der Waals surface area (Å²) in [6.45, 7) is 0.779. The van der Waals surface area contributed by atoms with Gasteiger partial charge in [-0.25, -0.2) is 4.79 Å². The summed E-state index contributed by atoms with van der Waals surface area (Å²) in [4.78, 5) is 15.4. The highest BCUT2D eigenvalue weighted by atomic mass is 16.5. The second-order valence-corrected chi connectivity index (χ2v) is 4.80. The molecule has 2 aromatic rings. The SMILES string of the molecule is O=C(O)c1ccnc2ccc([C@H]3CCCCO3)cc12. The van der Waals surface area contributed by atoms with E-state index in [4.69, 9.17) is 4.74 Å². The lowest BCUT2D eigenvalue weighted by atomic mass is 9.98. The van der Waals surface area contributed by atoms with E-state index in [-0.39, 0.29) is 6.10 Å². The molecule has 3 rings (SSSR count). The van der Waals surface area contributed by atoms with Gasteiger partial charge in [0.15, 0.2) is 0 Å². The van der Waals surface area contributed by atoms with Crippen LogP contribution in [0.15, 0.2) is 30.5 Å². The monoisotopic (exact) mass is 257 g/mol. The minimum absolute atomic E-state index is 0.0833. The average Bonchev–Trinajstić information content (AvgIpc) is 2.47. The van der Waals surface area contributed by atoms with Gasteiger partial charge in [0.2, 0.25) is 0 Å². The highest BCUT2D eigenvalue weighted by molar-refractivity contribution is 6.02. The van der Waals surface area contributed by atoms with E-state index in [1.54, 1.807) is 0 Å². The molecule has 4 heteroatoms. The molecule has 19 heavy (non-hydrogen) atoms. The molecule has 0 amide bonds. The van der Waals surface area contributed by atoms with Crippen molar-refractivity contribution in [3.8, 4) is 0 Å². The van der Waals surface area contributed by atoms with Crippen LogP contribution in [-0.4, -0.2) is 22.7 Å². The van der Waals surface area contributed by atoms with Crippen molar-refractivity contribution in [2.75, 3.05) is 6.61 Å². The second kappa shape index (κ2) is 4.97. The highest BCUT2D eigenvalue weighted by Gasteiger charge is 2.17. The number of carboxylic acids is 1. The summed E-state index contributed by atoms with van der Waals surface area (Å²) < 4.78 is 5.75. The molecular weight excluding hydrogens is 242 g/mol. The van der Waals surface area contributed by atoms with Crippen molar-refractivity contribution in [3.63, 3.8) is 0 Å². The van der Waals surface area contributed by atoms with E-state index in [1.807, 2.05) is 18.2 Å². The van der Waals surface area contributed by atoms with Gasteiger partial charge in [0.1, 0.15) is 0 Å². The van der Waals surface area contributed by atoms with E-state index in [2.05, 4.69) is 4.98 Å². The number of rotatable bonds is 2. The summed E-state index contributed by atoms with van der Waals surface area (Å²) in [6.07, 6.45) is 4.87. The molecule has 0 saturated carbocycles. The first-order chi connectivity index (χ1) is 9.25. The number of aromatic carboxylic acids is 1. The van der Waals surface area contributed by atoms with E-state index in [9.17, 15) is 9.90 Å². The van der Waals surface area contributed by atoms with Crippen molar-refractivity contribution in [3.05, 3.63) is 41.6 Å². The van der Waals surface area contributed by atoms with Gasteiger partial charge in [-0.05, 0) is 43.0 Å². The van der Waals surface area contributed by atoms with Crippen molar-refractivity contribution in [2.24, 2.45) is 0 Å². The predicted molar refractivity (Wildman–Crippen MR) is 71.2 cm³/mol. The molecule has 1 aromatic heterocycles. The van der Waals surface area contributed by atoms with Crippen LogP contribution in [-0.2, 0) is 4.74 Å². The number of carboxylic acid groups (broad SMARTS) is 1. The van der Waals surface area contributed by atoms with Crippen molar-refractivity contribution < 1.29 is 14.6 Å². The van der Waals surface area contributed by atoms with Gasteiger partial charge in [-0.15, -0.1) is 0 Å². The minimum atomic E-state index is -0.922. The Bertz CT molecular complexity index is 618. The Morgan fingerprint density at radius 1 is 1.32 bits per heavy atom. The Balaban J connectivity index is 2.08. The maximum absolute atomic E-state index is 11.2. The van der Waals surface area contributed by atoms with Crippen LogP contribution in [0.1, 0.15) is 41.3 Å². The number of carbonyl (C=O) groups is 1. The molecule has 1 atom stereocenters. The molecule has 0 radical (unpaired) electrons. The Morgan fingerprint density at radius 2 is 2.21 bits per heavy atom. The molecule has 98 valence electrons. The first kappa shape index (κ1) is 12.1. The van der Waals surface area contributed by atoms with Crippen LogP contribution in [0.2, 0.25) is 0 Å². The molecule has 0 spiro atoms. The van der Waals surface area contributed by atoms with E-state index in [0.717, 1.165) is 31.4 Å². The number of hydrogen-bond acceptors (Lipinski definition) is 3. The first-order valence-electron chi connectivity index (χ1n) is 6.49. The molecule has 0 unspecified atom stereocenters. The number of benzene rings is 1. The van der Waals surface area contributed by atoms with Crippen molar-refractivity contribution in [1.29, 1.82) is 0 Å². The summed E-state index contributed by atoms with van der Waals surface area (Å²) in [5.74, 6) is -0.922. The summed E-state index contributed by atoms with van der Waals surface area (Å²) in [6, 6.07) is 7.30. The lowest BCUT2D eigenvalue weighted by Gasteiger charge is -2.23. The van der Waals surface area contributed by atoms with Crippen LogP contribution in [0.4, 0.5) is 0 Å². The fourth-order valence-corrected chi connectivity index (χ4v) is 2.55. The average molecular weight is 257 g/mol. The molecule has 0 aliphatic carbocycles. The summed E-state index contributed by atoms with van der Waals surface area (Å²) in [5.41, 5.74) is 2.05. The van der Waals surface area contributed by atoms with Gasteiger partial charge in [-0.2, -0.15) is 0 Å².